The minimum absolute atomic E-state index is 0.413. The van der Waals surface area contributed by atoms with Crippen molar-refractivity contribution < 1.29 is 4.79 Å². The Labute approximate surface area is 44.0 Å². The predicted octanol–water partition coefficient (Wildman–Crippen LogP) is 1.34. The van der Waals surface area contributed by atoms with Crippen molar-refractivity contribution in [3.8, 4) is 0 Å². The maximum atomic E-state index is 9.67. The number of aldehydes is 1. The van der Waals surface area contributed by atoms with E-state index in [-0.39, 0.29) is 0 Å². The number of hydrogen-bond donors (Lipinski definition) is 0. The number of carbonyl (C=O) groups excluding carboxylic acids is 1. The molecular weight excluding hydrogens is 88.1 g/mol. The predicted molar refractivity (Wildman–Crippen MR) is 28.8 cm³/mol. The first-order valence-corrected chi connectivity index (χ1v) is 2.35. The maximum Gasteiger partial charge on any atom is 0.124 e. The fraction of sp³-hybridized carbons (Fsp3) is 0.500. The van der Waals surface area contributed by atoms with Crippen LogP contribution in [0.25, 0.3) is 0 Å². The summed E-state index contributed by atoms with van der Waals surface area (Å²) in [5.41, 5.74) is 0.759. The quantitative estimate of drug-likeness (QED) is 0.486. The second-order valence-corrected chi connectivity index (χ2v) is 1.38. The first kappa shape index (κ1) is 6.41. The molecule has 0 aliphatic rings. The van der Waals surface area contributed by atoms with Gasteiger partial charge in [0.15, 0.2) is 0 Å². The Morgan fingerprint density at radius 2 is 2.43 bits per heavy atom. The van der Waals surface area contributed by atoms with E-state index in [0.29, 0.717) is 6.42 Å². The van der Waals surface area contributed by atoms with Crippen molar-refractivity contribution in [3.63, 3.8) is 0 Å². The van der Waals surface area contributed by atoms with Crippen LogP contribution >= 0.6 is 0 Å². The lowest BCUT2D eigenvalue weighted by molar-refractivity contribution is -0.107. The Balaban J connectivity index is 3.17. The molecule has 0 aliphatic carbocycles. The molecule has 0 aromatic heterocycles. The van der Waals surface area contributed by atoms with Gasteiger partial charge in [0.05, 0.1) is 0 Å². The van der Waals surface area contributed by atoms with E-state index in [2.05, 4.69) is 0 Å². The summed E-state index contributed by atoms with van der Waals surface area (Å²) in [6, 6.07) is 0. The molecule has 0 spiro atoms. The zero-order valence-electron chi connectivity index (χ0n) is 4.48. The molecule has 0 aromatic rings. The van der Waals surface area contributed by atoms with Gasteiger partial charge in [-0.05, 0) is 6.42 Å². The summed E-state index contributed by atoms with van der Waals surface area (Å²) < 4.78 is 0. The summed E-state index contributed by atoms with van der Waals surface area (Å²) in [5.74, 6) is 0. The second kappa shape index (κ2) is 3.59. The summed E-state index contributed by atoms with van der Waals surface area (Å²) in [7, 11) is 0. The Bertz CT molecular complexity index is 74.2. The summed E-state index contributed by atoms with van der Waals surface area (Å²) in [5, 5.41) is 0. The van der Waals surface area contributed by atoms with Gasteiger partial charge in [0.2, 0.25) is 0 Å². The molecule has 0 heterocycles. The number of rotatable bonds is 3. The normalized spacial score (nSPS) is 8.14. The smallest absolute Gasteiger partial charge is 0.124 e. The van der Waals surface area contributed by atoms with Crippen LogP contribution < -0.4 is 0 Å². The van der Waals surface area contributed by atoms with Gasteiger partial charge in [-0.3, -0.25) is 0 Å². The standard InChI is InChI=1S/C6H9O/c1-3-6(2)4-5-7/h2,5H,3-4H2,1H3. The molecule has 1 heteroatoms. The largest absolute Gasteiger partial charge is 0.303 e. The van der Waals surface area contributed by atoms with Crippen molar-refractivity contribution in [2.24, 2.45) is 0 Å². The lowest BCUT2D eigenvalue weighted by Crippen LogP contribution is -1.77. The van der Waals surface area contributed by atoms with Crippen LogP contribution in [0.15, 0.2) is 5.57 Å². The Morgan fingerprint density at radius 3 is 2.57 bits per heavy atom. The highest BCUT2D eigenvalue weighted by Gasteiger charge is 1.84. The van der Waals surface area contributed by atoms with E-state index in [1.165, 1.54) is 0 Å². The Kier molecular flexibility index (Phi) is 3.29. The van der Waals surface area contributed by atoms with Gasteiger partial charge in [-0.25, -0.2) is 0 Å². The van der Waals surface area contributed by atoms with E-state index in [1.807, 2.05) is 6.92 Å². The van der Waals surface area contributed by atoms with E-state index >= 15 is 0 Å². The van der Waals surface area contributed by atoms with Crippen LogP contribution in [0.3, 0.4) is 0 Å². The molecule has 0 unspecified atom stereocenters. The topological polar surface area (TPSA) is 17.1 Å². The van der Waals surface area contributed by atoms with Gasteiger partial charge in [-0.1, -0.05) is 19.1 Å². The molecule has 39 valence electrons. The Hall–Kier alpha value is -0.590. The zero-order valence-corrected chi connectivity index (χ0v) is 4.48. The monoisotopic (exact) mass is 97.1 g/mol. The summed E-state index contributed by atoms with van der Waals surface area (Å²) >= 11 is 0. The molecule has 1 nitrogen and oxygen atoms in total. The highest BCUT2D eigenvalue weighted by atomic mass is 16.1. The fourth-order valence-electron chi connectivity index (χ4n) is 0.251. The molecule has 0 saturated heterocycles. The first-order valence-electron chi connectivity index (χ1n) is 2.35. The van der Waals surface area contributed by atoms with Crippen molar-refractivity contribution in [3.05, 3.63) is 12.2 Å². The van der Waals surface area contributed by atoms with E-state index in [9.17, 15) is 4.79 Å². The molecule has 0 aliphatic heterocycles. The molecule has 0 aromatic carbocycles. The molecule has 0 N–H and O–H groups in total. The van der Waals surface area contributed by atoms with Crippen LogP contribution in [0.4, 0.5) is 0 Å². The summed E-state index contributed by atoms with van der Waals surface area (Å²) in [6.07, 6.45) is 2.04. The molecular formula is C6H9O. The number of carbonyl (C=O) groups is 1. The summed E-state index contributed by atoms with van der Waals surface area (Å²) in [6.45, 7) is 7.20. The SMILES string of the molecule is [CH]=C(CC)CC=O. The van der Waals surface area contributed by atoms with Crippen LogP contribution in [-0.2, 0) is 4.79 Å². The lowest BCUT2D eigenvalue weighted by Gasteiger charge is -1.88. The van der Waals surface area contributed by atoms with Crippen molar-refractivity contribution in [2.45, 2.75) is 19.8 Å². The van der Waals surface area contributed by atoms with Crippen LogP contribution in [0, 0.1) is 6.58 Å². The average molecular weight is 97.1 g/mol. The second-order valence-electron chi connectivity index (χ2n) is 1.38. The van der Waals surface area contributed by atoms with E-state index in [1.54, 1.807) is 0 Å². The molecule has 0 atom stereocenters. The van der Waals surface area contributed by atoms with Crippen LogP contribution in [0.5, 0.6) is 0 Å². The molecule has 0 rings (SSSR count). The molecule has 1 radical (unpaired) electrons. The fourth-order valence-corrected chi connectivity index (χ4v) is 0.251. The molecule has 0 amide bonds. The Morgan fingerprint density at radius 1 is 1.86 bits per heavy atom. The van der Waals surface area contributed by atoms with Crippen LogP contribution in [0.1, 0.15) is 19.8 Å². The van der Waals surface area contributed by atoms with E-state index < -0.39 is 0 Å². The molecule has 7 heavy (non-hydrogen) atoms. The highest BCUT2D eigenvalue weighted by Crippen LogP contribution is 1.97. The van der Waals surface area contributed by atoms with Crippen molar-refractivity contribution in [2.75, 3.05) is 0 Å². The third kappa shape index (κ3) is 3.23. The third-order valence-electron chi connectivity index (χ3n) is 0.800. The van der Waals surface area contributed by atoms with Gasteiger partial charge in [0.25, 0.3) is 0 Å². The minimum Gasteiger partial charge on any atom is -0.303 e. The van der Waals surface area contributed by atoms with Crippen molar-refractivity contribution in [1.29, 1.82) is 0 Å². The van der Waals surface area contributed by atoms with Gasteiger partial charge >= 0.3 is 0 Å². The van der Waals surface area contributed by atoms with Gasteiger partial charge in [-0.2, -0.15) is 0 Å². The van der Waals surface area contributed by atoms with Crippen LogP contribution in [-0.4, -0.2) is 6.29 Å². The average Bonchev–Trinajstić information content (AvgIpc) is 1.68. The summed E-state index contributed by atoms with van der Waals surface area (Å²) in [4.78, 5) is 9.67. The van der Waals surface area contributed by atoms with Crippen molar-refractivity contribution in [1.82, 2.24) is 0 Å². The lowest BCUT2D eigenvalue weighted by atomic mass is 10.2. The van der Waals surface area contributed by atoms with Gasteiger partial charge < -0.3 is 4.79 Å². The zero-order chi connectivity index (χ0) is 5.70. The maximum absolute atomic E-state index is 9.67. The van der Waals surface area contributed by atoms with Crippen LogP contribution in [0.2, 0.25) is 0 Å². The van der Waals surface area contributed by atoms with E-state index in [0.717, 1.165) is 18.3 Å². The first-order chi connectivity index (χ1) is 3.31. The van der Waals surface area contributed by atoms with Gasteiger partial charge in [-0.15, -0.1) is 0 Å². The minimum atomic E-state index is 0.413. The molecule has 0 fully saturated rings. The number of hydrogen-bond acceptors (Lipinski definition) is 1. The van der Waals surface area contributed by atoms with Crippen molar-refractivity contribution >= 4 is 6.29 Å². The number of allylic oxidation sites excluding steroid dienone is 1. The van der Waals surface area contributed by atoms with Gasteiger partial charge in [0, 0.05) is 6.42 Å². The third-order valence-corrected chi connectivity index (χ3v) is 0.800. The molecule has 0 bridgehead atoms. The highest BCUT2D eigenvalue weighted by molar-refractivity contribution is 5.53. The van der Waals surface area contributed by atoms with E-state index in [4.69, 9.17) is 6.58 Å². The van der Waals surface area contributed by atoms with Gasteiger partial charge in [0.1, 0.15) is 6.29 Å². The molecule has 0 saturated carbocycles.